The predicted molar refractivity (Wildman–Crippen MR) is 132 cm³/mol. The number of sulfonamides is 1. The molecule has 1 heterocycles. The first-order valence-corrected chi connectivity index (χ1v) is 13.3. The lowest BCUT2D eigenvalue weighted by Crippen LogP contribution is -2.47. The van der Waals surface area contributed by atoms with E-state index in [1.807, 2.05) is 31.2 Å². The van der Waals surface area contributed by atoms with Crippen LogP contribution in [0.1, 0.15) is 42.9 Å². The minimum absolute atomic E-state index is 0.343. The number of anilines is 1. The molecule has 1 amide bonds. The molecule has 0 bridgehead atoms. The molecule has 1 N–H and O–H groups in total. The highest BCUT2D eigenvalue weighted by atomic mass is 32.2. The Hall–Kier alpha value is -2.58. The van der Waals surface area contributed by atoms with Crippen molar-refractivity contribution in [2.24, 2.45) is 0 Å². The molecule has 0 saturated carbocycles. The average Bonchev–Trinajstić information content (AvgIpc) is 2.78. The van der Waals surface area contributed by atoms with Gasteiger partial charge in [0, 0.05) is 13.1 Å². The minimum Gasteiger partial charge on any atom is -0.495 e. The summed E-state index contributed by atoms with van der Waals surface area (Å²) in [5.74, 6) is 0.0364. The second-order valence-electron chi connectivity index (χ2n) is 8.73. The summed E-state index contributed by atoms with van der Waals surface area (Å²) in [6, 6.07) is 12.4. The molecule has 1 atom stereocenters. The molecule has 1 fully saturated rings. The summed E-state index contributed by atoms with van der Waals surface area (Å²) < 4.78 is 31.9. The lowest BCUT2D eigenvalue weighted by Gasteiger charge is -2.30. The van der Waals surface area contributed by atoms with Crippen molar-refractivity contribution in [2.75, 3.05) is 30.8 Å². The lowest BCUT2D eigenvalue weighted by molar-refractivity contribution is -0.122. The van der Waals surface area contributed by atoms with Crippen LogP contribution in [-0.2, 0) is 27.9 Å². The van der Waals surface area contributed by atoms with Crippen LogP contribution >= 0.6 is 0 Å². The topological polar surface area (TPSA) is 79.0 Å². The Morgan fingerprint density at radius 3 is 2.42 bits per heavy atom. The number of piperidine rings is 1. The molecule has 1 aliphatic heterocycles. The maximum Gasteiger partial charge on any atom is 0.243 e. The molecule has 33 heavy (non-hydrogen) atoms. The van der Waals surface area contributed by atoms with Crippen LogP contribution in [0.25, 0.3) is 0 Å². The quantitative estimate of drug-likeness (QED) is 0.603. The monoisotopic (exact) mass is 473 g/mol. The highest BCUT2D eigenvalue weighted by Gasteiger charge is 2.31. The van der Waals surface area contributed by atoms with Gasteiger partial charge in [0.25, 0.3) is 0 Å². The third-order valence-electron chi connectivity index (χ3n) is 6.07. The highest BCUT2D eigenvalue weighted by molar-refractivity contribution is 7.92. The molecule has 0 spiro atoms. The second-order valence-corrected chi connectivity index (χ2v) is 10.6. The summed E-state index contributed by atoms with van der Waals surface area (Å²) in [7, 11) is -2.25. The van der Waals surface area contributed by atoms with E-state index in [9.17, 15) is 13.2 Å². The van der Waals surface area contributed by atoms with Gasteiger partial charge in [-0.1, -0.05) is 36.8 Å². The SMILES string of the molecule is COc1ccc(C)cc1N(C(C)C(=O)NCc1ccccc1CN1CCCCC1)S(C)(=O)=O. The Bertz CT molecular complexity index is 1070. The van der Waals surface area contributed by atoms with Gasteiger partial charge in [0.05, 0.1) is 19.1 Å². The molecule has 3 rings (SSSR count). The van der Waals surface area contributed by atoms with E-state index >= 15 is 0 Å². The van der Waals surface area contributed by atoms with Gasteiger partial charge in [-0.25, -0.2) is 8.42 Å². The van der Waals surface area contributed by atoms with E-state index in [0.29, 0.717) is 18.0 Å². The standard InChI is InChI=1S/C25H35N3O4S/c1-19-12-13-24(32-3)23(16-19)28(33(4,30)31)20(2)25(29)26-17-21-10-6-7-11-22(21)18-27-14-8-5-9-15-27/h6-7,10-13,16,20H,5,8-9,14-15,17-18H2,1-4H3,(H,26,29). The molecular formula is C25H35N3O4S. The number of nitrogens with zero attached hydrogens (tertiary/aromatic N) is 2. The van der Waals surface area contributed by atoms with Gasteiger partial charge in [-0.2, -0.15) is 0 Å². The Morgan fingerprint density at radius 1 is 1.12 bits per heavy atom. The molecular weight excluding hydrogens is 438 g/mol. The Morgan fingerprint density at radius 2 is 1.79 bits per heavy atom. The van der Waals surface area contributed by atoms with Crippen LogP contribution in [0.15, 0.2) is 42.5 Å². The molecule has 1 aliphatic rings. The smallest absolute Gasteiger partial charge is 0.243 e. The third kappa shape index (κ3) is 6.48. The van der Waals surface area contributed by atoms with Gasteiger partial charge in [0.1, 0.15) is 11.8 Å². The van der Waals surface area contributed by atoms with Crippen LogP contribution in [0.2, 0.25) is 0 Å². The number of carbonyl (C=O) groups excluding carboxylic acids is 1. The zero-order valence-corrected chi connectivity index (χ0v) is 20.8. The Labute approximate surface area is 197 Å². The van der Waals surface area contributed by atoms with Gasteiger partial charge in [-0.3, -0.25) is 14.0 Å². The van der Waals surface area contributed by atoms with E-state index in [1.165, 1.54) is 31.9 Å². The van der Waals surface area contributed by atoms with Crippen molar-refractivity contribution in [1.29, 1.82) is 0 Å². The fourth-order valence-electron chi connectivity index (χ4n) is 4.33. The maximum atomic E-state index is 13.1. The van der Waals surface area contributed by atoms with Crippen molar-refractivity contribution in [3.63, 3.8) is 0 Å². The molecule has 7 nitrogen and oxygen atoms in total. The van der Waals surface area contributed by atoms with E-state index in [1.54, 1.807) is 19.1 Å². The minimum atomic E-state index is -3.74. The number of methoxy groups -OCH3 is 1. The predicted octanol–water partition coefficient (Wildman–Crippen LogP) is 3.46. The zero-order valence-electron chi connectivity index (χ0n) is 20.0. The Kier molecular flexibility index (Phi) is 8.37. The molecule has 1 saturated heterocycles. The molecule has 0 aromatic heterocycles. The van der Waals surface area contributed by atoms with Crippen LogP contribution in [0.4, 0.5) is 5.69 Å². The van der Waals surface area contributed by atoms with Gasteiger partial charge < -0.3 is 10.1 Å². The molecule has 180 valence electrons. The number of nitrogens with one attached hydrogen (secondary N) is 1. The van der Waals surface area contributed by atoms with Gasteiger partial charge in [-0.15, -0.1) is 0 Å². The number of amides is 1. The van der Waals surface area contributed by atoms with E-state index < -0.39 is 16.1 Å². The average molecular weight is 474 g/mol. The van der Waals surface area contributed by atoms with Crippen molar-refractivity contribution in [1.82, 2.24) is 10.2 Å². The number of hydrogen-bond acceptors (Lipinski definition) is 5. The van der Waals surface area contributed by atoms with Crippen LogP contribution < -0.4 is 14.4 Å². The number of likely N-dealkylation sites (tertiary alicyclic amines) is 1. The number of carbonyl (C=O) groups is 1. The molecule has 0 aliphatic carbocycles. The van der Waals surface area contributed by atoms with Crippen LogP contribution in [0.5, 0.6) is 5.75 Å². The molecule has 8 heteroatoms. The summed E-state index contributed by atoms with van der Waals surface area (Å²) in [5.41, 5.74) is 3.46. The van der Waals surface area contributed by atoms with E-state index in [0.717, 1.165) is 41.3 Å². The fraction of sp³-hybridized carbons (Fsp3) is 0.480. The summed E-state index contributed by atoms with van der Waals surface area (Å²) in [6.07, 6.45) is 4.83. The lowest BCUT2D eigenvalue weighted by atomic mass is 10.0. The number of benzene rings is 2. The summed E-state index contributed by atoms with van der Waals surface area (Å²) in [4.78, 5) is 15.5. The Balaban J connectivity index is 1.76. The second kappa shape index (κ2) is 11.0. The van der Waals surface area contributed by atoms with Crippen LogP contribution in [0, 0.1) is 6.92 Å². The van der Waals surface area contributed by atoms with Gasteiger partial charge in [0.2, 0.25) is 15.9 Å². The fourth-order valence-corrected chi connectivity index (χ4v) is 5.50. The van der Waals surface area contributed by atoms with Gasteiger partial charge >= 0.3 is 0 Å². The van der Waals surface area contributed by atoms with Crippen molar-refractivity contribution < 1.29 is 17.9 Å². The number of aryl methyl sites for hydroxylation is 1. The number of ether oxygens (including phenoxy) is 1. The van der Waals surface area contributed by atoms with Gasteiger partial charge in [-0.05, 0) is 68.6 Å². The van der Waals surface area contributed by atoms with Crippen molar-refractivity contribution in [2.45, 2.75) is 52.2 Å². The van der Waals surface area contributed by atoms with Crippen LogP contribution in [0.3, 0.4) is 0 Å². The van der Waals surface area contributed by atoms with E-state index in [-0.39, 0.29) is 5.91 Å². The van der Waals surface area contributed by atoms with Crippen molar-refractivity contribution >= 4 is 21.6 Å². The van der Waals surface area contributed by atoms with Crippen LogP contribution in [-0.4, -0.2) is 51.7 Å². The van der Waals surface area contributed by atoms with E-state index in [4.69, 9.17) is 4.74 Å². The normalized spacial score (nSPS) is 15.6. The van der Waals surface area contributed by atoms with Crippen molar-refractivity contribution in [3.8, 4) is 5.75 Å². The van der Waals surface area contributed by atoms with Gasteiger partial charge in [0.15, 0.2) is 0 Å². The summed E-state index contributed by atoms with van der Waals surface area (Å²) in [5, 5.41) is 2.95. The summed E-state index contributed by atoms with van der Waals surface area (Å²) in [6.45, 7) is 6.86. The highest BCUT2D eigenvalue weighted by Crippen LogP contribution is 2.32. The number of rotatable bonds is 9. The number of hydrogen-bond donors (Lipinski definition) is 1. The third-order valence-corrected chi connectivity index (χ3v) is 7.30. The molecule has 1 unspecified atom stereocenters. The zero-order chi connectivity index (χ0) is 24.0. The first kappa shape index (κ1) is 25.1. The van der Waals surface area contributed by atoms with E-state index in [2.05, 4.69) is 16.3 Å². The molecule has 2 aromatic carbocycles. The summed E-state index contributed by atoms with van der Waals surface area (Å²) >= 11 is 0. The molecule has 2 aromatic rings. The maximum absolute atomic E-state index is 13.1. The van der Waals surface area contributed by atoms with Crippen molar-refractivity contribution in [3.05, 3.63) is 59.2 Å². The first-order chi connectivity index (χ1) is 15.7. The molecule has 0 radical (unpaired) electrons. The first-order valence-electron chi connectivity index (χ1n) is 11.4. The largest absolute Gasteiger partial charge is 0.495 e.